The zero-order valence-corrected chi connectivity index (χ0v) is 20.7. The minimum Gasteiger partial charge on any atom is -0.497 e. The van der Waals surface area contributed by atoms with Crippen LogP contribution >= 0.6 is 0 Å². The SMILES string of the molecule is CCOc1cc2occ(-c3ccc(C)cc3)c2cc1/C(C)=C/C(=O)NCCc1cccc(OC)c1. The summed E-state index contributed by atoms with van der Waals surface area (Å²) in [5.74, 6) is 1.37. The van der Waals surface area contributed by atoms with Gasteiger partial charge in [-0.15, -0.1) is 0 Å². The van der Waals surface area contributed by atoms with Gasteiger partial charge < -0.3 is 19.2 Å². The smallest absolute Gasteiger partial charge is 0.244 e. The van der Waals surface area contributed by atoms with Crippen molar-refractivity contribution in [2.24, 2.45) is 0 Å². The number of carbonyl (C=O) groups excluding carboxylic acids is 1. The summed E-state index contributed by atoms with van der Waals surface area (Å²) in [5, 5.41) is 3.96. The van der Waals surface area contributed by atoms with E-state index in [9.17, 15) is 4.79 Å². The molecule has 1 heterocycles. The maximum Gasteiger partial charge on any atom is 0.244 e. The molecule has 0 radical (unpaired) electrons. The van der Waals surface area contributed by atoms with E-state index in [1.807, 2.05) is 50.2 Å². The van der Waals surface area contributed by atoms with Crippen LogP contribution in [0.15, 0.2) is 77.4 Å². The monoisotopic (exact) mass is 469 g/mol. The van der Waals surface area contributed by atoms with Gasteiger partial charge in [0.05, 0.1) is 20.0 Å². The number of furan rings is 1. The molecule has 0 aliphatic heterocycles. The molecular weight excluding hydrogens is 438 g/mol. The van der Waals surface area contributed by atoms with Gasteiger partial charge in [-0.25, -0.2) is 0 Å². The van der Waals surface area contributed by atoms with Crippen LogP contribution in [0.25, 0.3) is 27.7 Å². The Morgan fingerprint density at radius 2 is 1.89 bits per heavy atom. The molecule has 5 heteroatoms. The molecule has 0 saturated carbocycles. The predicted octanol–water partition coefficient (Wildman–Crippen LogP) is 6.58. The first-order valence-corrected chi connectivity index (χ1v) is 11.8. The molecule has 5 nitrogen and oxygen atoms in total. The first-order chi connectivity index (χ1) is 17.0. The molecule has 0 unspecified atom stereocenters. The molecule has 1 amide bonds. The van der Waals surface area contributed by atoms with Crippen molar-refractivity contribution in [3.05, 3.63) is 89.7 Å². The Hall–Kier alpha value is -3.99. The minimum absolute atomic E-state index is 0.140. The van der Waals surface area contributed by atoms with Crippen molar-refractivity contribution in [1.82, 2.24) is 5.32 Å². The molecular formula is C30H31NO4. The van der Waals surface area contributed by atoms with Crippen LogP contribution in [0.1, 0.15) is 30.5 Å². The van der Waals surface area contributed by atoms with Crippen molar-refractivity contribution in [3.8, 4) is 22.6 Å². The van der Waals surface area contributed by atoms with Crippen molar-refractivity contribution in [1.29, 1.82) is 0 Å². The highest BCUT2D eigenvalue weighted by Gasteiger charge is 2.15. The number of ether oxygens (including phenoxy) is 2. The highest BCUT2D eigenvalue weighted by Crippen LogP contribution is 2.37. The fraction of sp³-hybridized carbons (Fsp3) is 0.233. The Morgan fingerprint density at radius 3 is 2.63 bits per heavy atom. The maximum atomic E-state index is 12.7. The second-order valence-electron chi connectivity index (χ2n) is 8.51. The number of fused-ring (bicyclic) bond motifs is 1. The van der Waals surface area contributed by atoms with Crippen LogP contribution < -0.4 is 14.8 Å². The first-order valence-electron chi connectivity index (χ1n) is 11.8. The topological polar surface area (TPSA) is 60.7 Å². The molecule has 0 saturated heterocycles. The van der Waals surface area contributed by atoms with E-state index in [2.05, 4.69) is 36.5 Å². The lowest BCUT2D eigenvalue weighted by atomic mass is 9.98. The van der Waals surface area contributed by atoms with Crippen LogP contribution in [0.5, 0.6) is 11.5 Å². The fourth-order valence-corrected chi connectivity index (χ4v) is 4.08. The molecule has 0 aliphatic rings. The van der Waals surface area contributed by atoms with Crippen LogP contribution in [0.3, 0.4) is 0 Å². The van der Waals surface area contributed by atoms with Crippen LogP contribution in [0.4, 0.5) is 0 Å². The van der Waals surface area contributed by atoms with Crippen LogP contribution in [0, 0.1) is 6.92 Å². The third-order valence-corrected chi connectivity index (χ3v) is 5.96. The van der Waals surface area contributed by atoms with Gasteiger partial charge in [-0.05, 0) is 62.1 Å². The quantitative estimate of drug-likeness (QED) is 0.281. The van der Waals surface area contributed by atoms with E-state index in [1.54, 1.807) is 19.4 Å². The zero-order chi connectivity index (χ0) is 24.8. The Labute approximate surface area is 206 Å². The Morgan fingerprint density at radius 1 is 1.09 bits per heavy atom. The van der Waals surface area contributed by atoms with Gasteiger partial charge in [0.1, 0.15) is 17.1 Å². The molecule has 180 valence electrons. The van der Waals surface area contributed by atoms with E-state index in [1.165, 1.54) is 5.56 Å². The summed E-state index contributed by atoms with van der Waals surface area (Å²) in [6, 6.07) is 20.2. The third kappa shape index (κ3) is 5.75. The Bertz CT molecular complexity index is 1350. The molecule has 4 aromatic rings. The maximum absolute atomic E-state index is 12.7. The highest BCUT2D eigenvalue weighted by molar-refractivity contribution is 6.00. The lowest BCUT2D eigenvalue weighted by molar-refractivity contribution is -0.116. The molecule has 0 bridgehead atoms. The molecule has 3 aromatic carbocycles. The minimum atomic E-state index is -0.140. The van der Waals surface area contributed by atoms with Gasteiger partial charge >= 0.3 is 0 Å². The van der Waals surface area contributed by atoms with Gasteiger partial charge in [0.15, 0.2) is 0 Å². The van der Waals surface area contributed by atoms with Crippen molar-refractivity contribution in [2.45, 2.75) is 27.2 Å². The summed E-state index contributed by atoms with van der Waals surface area (Å²) < 4.78 is 17.0. The summed E-state index contributed by atoms with van der Waals surface area (Å²) in [6.45, 7) is 6.99. The molecule has 1 aromatic heterocycles. The van der Waals surface area contributed by atoms with E-state index < -0.39 is 0 Å². The average Bonchev–Trinajstić information content (AvgIpc) is 3.27. The van der Waals surface area contributed by atoms with Gasteiger partial charge in [0.25, 0.3) is 0 Å². The van der Waals surface area contributed by atoms with Crippen LogP contribution in [0.2, 0.25) is 0 Å². The largest absolute Gasteiger partial charge is 0.497 e. The summed E-state index contributed by atoms with van der Waals surface area (Å²) >= 11 is 0. The number of hydrogen-bond acceptors (Lipinski definition) is 4. The molecule has 1 N–H and O–H groups in total. The number of carbonyl (C=O) groups is 1. The number of hydrogen-bond donors (Lipinski definition) is 1. The summed E-state index contributed by atoms with van der Waals surface area (Å²) in [5.41, 5.74) is 6.86. The van der Waals surface area contributed by atoms with E-state index in [0.29, 0.717) is 18.9 Å². The first kappa shape index (κ1) is 24.1. The van der Waals surface area contributed by atoms with Crippen molar-refractivity contribution >= 4 is 22.4 Å². The van der Waals surface area contributed by atoms with Gasteiger partial charge in [0.2, 0.25) is 5.91 Å². The van der Waals surface area contributed by atoms with Gasteiger partial charge in [-0.1, -0.05) is 42.0 Å². The van der Waals surface area contributed by atoms with Crippen LogP contribution in [-0.4, -0.2) is 26.2 Å². The van der Waals surface area contributed by atoms with Gasteiger partial charge in [0, 0.05) is 35.2 Å². The Kier molecular flexibility index (Phi) is 7.56. The lowest BCUT2D eigenvalue weighted by Crippen LogP contribution is -2.23. The third-order valence-electron chi connectivity index (χ3n) is 5.96. The van der Waals surface area contributed by atoms with Crippen molar-refractivity contribution < 1.29 is 18.7 Å². The van der Waals surface area contributed by atoms with Gasteiger partial charge in [-0.3, -0.25) is 4.79 Å². The predicted molar refractivity (Wildman–Crippen MR) is 141 cm³/mol. The van der Waals surface area contributed by atoms with E-state index >= 15 is 0 Å². The standard InChI is InChI=1S/C30H31NO4/c1-5-34-28-18-29-26(27(19-35-29)23-11-9-20(2)10-12-23)17-25(28)21(3)15-30(32)31-14-13-22-7-6-8-24(16-22)33-4/h6-12,15-19H,5,13-14H2,1-4H3,(H,31,32)/b21-15+. The van der Waals surface area contributed by atoms with Gasteiger partial charge in [-0.2, -0.15) is 0 Å². The van der Waals surface area contributed by atoms with Crippen molar-refractivity contribution in [3.63, 3.8) is 0 Å². The molecule has 4 rings (SSSR count). The molecule has 0 spiro atoms. The number of allylic oxidation sites excluding steroid dienone is 1. The summed E-state index contributed by atoms with van der Waals surface area (Å²) in [7, 11) is 1.65. The average molecular weight is 470 g/mol. The number of rotatable bonds is 9. The summed E-state index contributed by atoms with van der Waals surface area (Å²) in [4.78, 5) is 12.7. The van der Waals surface area contributed by atoms with E-state index in [0.717, 1.165) is 51.0 Å². The number of benzene rings is 3. The summed E-state index contributed by atoms with van der Waals surface area (Å²) in [6.07, 6.45) is 4.13. The highest BCUT2D eigenvalue weighted by atomic mass is 16.5. The zero-order valence-electron chi connectivity index (χ0n) is 20.7. The van der Waals surface area contributed by atoms with E-state index in [4.69, 9.17) is 13.9 Å². The Balaban J connectivity index is 1.56. The molecule has 0 aliphatic carbocycles. The van der Waals surface area contributed by atoms with Crippen LogP contribution in [-0.2, 0) is 11.2 Å². The molecule has 0 atom stereocenters. The number of amides is 1. The second-order valence-corrected chi connectivity index (χ2v) is 8.51. The molecule has 0 fully saturated rings. The van der Waals surface area contributed by atoms with Crippen molar-refractivity contribution in [2.75, 3.05) is 20.3 Å². The number of methoxy groups -OCH3 is 1. The lowest BCUT2D eigenvalue weighted by Gasteiger charge is -2.12. The fourth-order valence-electron chi connectivity index (χ4n) is 4.08. The number of aryl methyl sites for hydroxylation is 1. The van der Waals surface area contributed by atoms with E-state index in [-0.39, 0.29) is 5.91 Å². The molecule has 35 heavy (non-hydrogen) atoms. The normalized spacial score (nSPS) is 11.5. The number of nitrogens with one attached hydrogen (secondary N) is 1. The second kappa shape index (κ2) is 11.0.